The van der Waals surface area contributed by atoms with Crippen molar-refractivity contribution in [3.63, 3.8) is 0 Å². The van der Waals surface area contributed by atoms with Crippen LogP contribution in [-0.4, -0.2) is 39.7 Å². The van der Waals surface area contributed by atoms with Gasteiger partial charge in [0.25, 0.3) is 5.91 Å². The van der Waals surface area contributed by atoms with Crippen molar-refractivity contribution in [1.82, 2.24) is 14.7 Å². The molecule has 6 heteroatoms. The zero-order valence-corrected chi connectivity index (χ0v) is 15.0. The van der Waals surface area contributed by atoms with E-state index in [1.807, 2.05) is 53.2 Å². The van der Waals surface area contributed by atoms with E-state index in [0.29, 0.717) is 18.0 Å². The molecule has 0 spiro atoms. The molecule has 1 amide bonds. The van der Waals surface area contributed by atoms with Gasteiger partial charge >= 0.3 is 0 Å². The van der Waals surface area contributed by atoms with Crippen LogP contribution in [0.5, 0.6) is 0 Å². The third-order valence-electron chi connectivity index (χ3n) is 4.60. The van der Waals surface area contributed by atoms with E-state index >= 15 is 0 Å². The fraction of sp³-hybridized carbons (Fsp3) is 0.444. The number of likely N-dealkylation sites (tertiary alicyclic amines) is 1. The van der Waals surface area contributed by atoms with Crippen LogP contribution in [0, 0.1) is 12.8 Å². The van der Waals surface area contributed by atoms with Crippen LogP contribution >= 0.6 is 12.4 Å². The van der Waals surface area contributed by atoms with Gasteiger partial charge in [0.2, 0.25) is 0 Å². The van der Waals surface area contributed by atoms with Crippen molar-refractivity contribution in [3.05, 3.63) is 47.8 Å². The second-order valence-corrected chi connectivity index (χ2v) is 6.53. The van der Waals surface area contributed by atoms with Gasteiger partial charge < -0.3 is 10.6 Å². The fourth-order valence-electron chi connectivity index (χ4n) is 3.22. The van der Waals surface area contributed by atoms with Gasteiger partial charge in [-0.3, -0.25) is 4.79 Å². The Morgan fingerprint density at radius 3 is 2.62 bits per heavy atom. The lowest BCUT2D eigenvalue weighted by atomic mass is 9.92. The van der Waals surface area contributed by atoms with Crippen LogP contribution in [0.2, 0.25) is 0 Å². The van der Waals surface area contributed by atoms with Gasteiger partial charge in [-0.2, -0.15) is 5.10 Å². The second-order valence-electron chi connectivity index (χ2n) is 6.53. The van der Waals surface area contributed by atoms with Gasteiger partial charge in [0, 0.05) is 30.9 Å². The molecule has 1 aromatic heterocycles. The Hall–Kier alpha value is -1.85. The third kappa shape index (κ3) is 3.79. The molecule has 2 aromatic rings. The van der Waals surface area contributed by atoms with E-state index in [9.17, 15) is 4.79 Å². The van der Waals surface area contributed by atoms with Crippen LogP contribution < -0.4 is 5.73 Å². The first kappa shape index (κ1) is 18.5. The highest BCUT2D eigenvalue weighted by Gasteiger charge is 2.29. The lowest BCUT2D eigenvalue weighted by Gasteiger charge is -2.38. The van der Waals surface area contributed by atoms with Crippen molar-refractivity contribution in [1.29, 1.82) is 0 Å². The number of halogens is 1. The molecule has 3 rings (SSSR count). The summed E-state index contributed by atoms with van der Waals surface area (Å²) in [6.07, 6.45) is 5.83. The number of carbonyl (C=O) groups is 1. The van der Waals surface area contributed by atoms with E-state index in [4.69, 9.17) is 5.73 Å². The van der Waals surface area contributed by atoms with E-state index in [1.165, 1.54) is 0 Å². The monoisotopic (exact) mass is 348 g/mol. The smallest absolute Gasteiger partial charge is 0.254 e. The maximum atomic E-state index is 12.8. The topological polar surface area (TPSA) is 64.2 Å². The molecular weight excluding hydrogens is 324 g/mol. The van der Waals surface area contributed by atoms with Crippen LogP contribution in [0.1, 0.15) is 35.7 Å². The molecule has 0 bridgehead atoms. The standard InChI is InChI=1S/C18H24N4O.ClH/c1-13-7-8-21(17(9-13)10-19)18(23)15-3-5-16(6-4-15)22-12-14(2)11-20-22;/h3-6,11-13,17H,7-10,19H2,1-2H3;1H. The summed E-state index contributed by atoms with van der Waals surface area (Å²) in [7, 11) is 0. The number of piperidine rings is 1. The van der Waals surface area contributed by atoms with Crippen molar-refractivity contribution in [2.45, 2.75) is 32.7 Å². The summed E-state index contributed by atoms with van der Waals surface area (Å²) >= 11 is 0. The number of rotatable bonds is 3. The van der Waals surface area contributed by atoms with Gasteiger partial charge in [-0.15, -0.1) is 12.4 Å². The van der Waals surface area contributed by atoms with Crippen LogP contribution in [-0.2, 0) is 0 Å². The van der Waals surface area contributed by atoms with Crippen LogP contribution in [0.25, 0.3) is 5.69 Å². The third-order valence-corrected chi connectivity index (χ3v) is 4.60. The molecule has 0 aliphatic carbocycles. The largest absolute Gasteiger partial charge is 0.334 e. The number of aromatic nitrogens is 2. The molecular formula is C18H25ClN4O. The van der Waals surface area contributed by atoms with Crippen LogP contribution in [0.3, 0.4) is 0 Å². The molecule has 2 heterocycles. The molecule has 2 unspecified atom stereocenters. The van der Waals surface area contributed by atoms with Crippen molar-refractivity contribution in [2.24, 2.45) is 11.7 Å². The quantitative estimate of drug-likeness (QED) is 0.927. The maximum Gasteiger partial charge on any atom is 0.254 e. The number of aryl methyl sites for hydroxylation is 1. The van der Waals surface area contributed by atoms with Gasteiger partial charge in [0.05, 0.1) is 11.9 Å². The summed E-state index contributed by atoms with van der Waals surface area (Å²) in [4.78, 5) is 14.7. The van der Waals surface area contributed by atoms with Gasteiger partial charge in [-0.05, 0) is 55.5 Å². The molecule has 1 aliphatic rings. The molecule has 1 aromatic carbocycles. The van der Waals surface area contributed by atoms with E-state index in [1.54, 1.807) is 0 Å². The highest BCUT2D eigenvalue weighted by molar-refractivity contribution is 5.94. The van der Waals surface area contributed by atoms with Crippen molar-refractivity contribution < 1.29 is 4.79 Å². The number of amides is 1. The van der Waals surface area contributed by atoms with Crippen molar-refractivity contribution in [3.8, 4) is 5.69 Å². The summed E-state index contributed by atoms with van der Waals surface area (Å²) in [6.45, 7) is 5.56. The van der Waals surface area contributed by atoms with E-state index in [0.717, 1.165) is 30.6 Å². The average molecular weight is 349 g/mol. The molecule has 0 saturated carbocycles. The Labute approximate surface area is 149 Å². The first-order valence-electron chi connectivity index (χ1n) is 8.21. The highest BCUT2D eigenvalue weighted by atomic mass is 35.5. The summed E-state index contributed by atoms with van der Waals surface area (Å²) < 4.78 is 1.81. The summed E-state index contributed by atoms with van der Waals surface area (Å²) in [6, 6.07) is 7.77. The van der Waals surface area contributed by atoms with E-state index < -0.39 is 0 Å². The van der Waals surface area contributed by atoms with E-state index in [-0.39, 0.29) is 24.4 Å². The first-order valence-corrected chi connectivity index (χ1v) is 8.21. The number of carbonyl (C=O) groups excluding carboxylic acids is 1. The Morgan fingerprint density at radius 2 is 2.04 bits per heavy atom. The molecule has 1 aliphatic heterocycles. The molecule has 2 N–H and O–H groups in total. The Kier molecular flexibility index (Phi) is 6.02. The molecule has 5 nitrogen and oxygen atoms in total. The Bertz CT molecular complexity index is 683. The predicted molar refractivity (Wildman–Crippen MR) is 97.8 cm³/mol. The van der Waals surface area contributed by atoms with Gasteiger partial charge in [0.1, 0.15) is 0 Å². The lowest BCUT2D eigenvalue weighted by molar-refractivity contribution is 0.0573. The minimum absolute atomic E-state index is 0. The molecule has 0 radical (unpaired) electrons. The lowest BCUT2D eigenvalue weighted by Crippen LogP contribution is -2.49. The highest BCUT2D eigenvalue weighted by Crippen LogP contribution is 2.24. The number of hydrogen-bond donors (Lipinski definition) is 1. The SMILES string of the molecule is Cc1cnn(-c2ccc(C(=O)N3CCC(C)CC3CN)cc2)c1.Cl. The Balaban J connectivity index is 0.00000208. The van der Waals surface area contributed by atoms with Crippen molar-refractivity contribution >= 4 is 18.3 Å². The summed E-state index contributed by atoms with van der Waals surface area (Å²) in [5.74, 6) is 0.716. The molecule has 1 saturated heterocycles. The van der Waals surface area contributed by atoms with Crippen LogP contribution in [0.15, 0.2) is 36.7 Å². The number of nitrogens with two attached hydrogens (primary N) is 1. The van der Waals surface area contributed by atoms with Crippen molar-refractivity contribution in [2.75, 3.05) is 13.1 Å². The summed E-state index contributed by atoms with van der Waals surface area (Å²) in [5.41, 5.74) is 8.65. The Morgan fingerprint density at radius 1 is 1.33 bits per heavy atom. The number of benzene rings is 1. The minimum atomic E-state index is 0. The molecule has 2 atom stereocenters. The average Bonchev–Trinajstić information content (AvgIpc) is 3.00. The summed E-state index contributed by atoms with van der Waals surface area (Å²) in [5, 5.41) is 4.29. The van der Waals surface area contributed by atoms with Gasteiger partial charge in [-0.25, -0.2) is 4.68 Å². The van der Waals surface area contributed by atoms with E-state index in [2.05, 4.69) is 12.0 Å². The molecule has 130 valence electrons. The molecule has 1 fully saturated rings. The second kappa shape index (κ2) is 7.81. The first-order chi connectivity index (χ1) is 11.1. The minimum Gasteiger partial charge on any atom is -0.334 e. The molecule has 24 heavy (non-hydrogen) atoms. The van der Waals surface area contributed by atoms with Gasteiger partial charge in [0.15, 0.2) is 0 Å². The zero-order valence-electron chi connectivity index (χ0n) is 14.2. The van der Waals surface area contributed by atoms with Crippen LogP contribution in [0.4, 0.5) is 0 Å². The number of hydrogen-bond acceptors (Lipinski definition) is 3. The normalized spacial score (nSPS) is 20.5. The van der Waals surface area contributed by atoms with Gasteiger partial charge in [-0.1, -0.05) is 6.92 Å². The number of nitrogens with zero attached hydrogens (tertiary/aromatic N) is 3. The maximum absolute atomic E-state index is 12.8. The fourth-order valence-corrected chi connectivity index (χ4v) is 3.22. The predicted octanol–water partition coefficient (Wildman–Crippen LogP) is 2.80. The zero-order chi connectivity index (χ0) is 16.4.